The Bertz CT molecular complexity index is 319. The van der Waals surface area contributed by atoms with Crippen LogP contribution in [0.2, 0.25) is 0 Å². The molecule has 3 nitrogen and oxygen atoms in total. The van der Waals surface area contributed by atoms with Gasteiger partial charge in [0.2, 0.25) is 0 Å². The van der Waals surface area contributed by atoms with Crippen molar-refractivity contribution < 1.29 is 14.2 Å². The molecule has 1 aromatic carbocycles. The van der Waals surface area contributed by atoms with Crippen LogP contribution in [0.4, 0.5) is 0 Å². The van der Waals surface area contributed by atoms with Crippen molar-refractivity contribution >= 4 is 0 Å². The molecule has 0 saturated carbocycles. The highest BCUT2D eigenvalue weighted by Crippen LogP contribution is 2.19. The average molecular weight is 222 g/mol. The zero-order valence-corrected chi connectivity index (χ0v) is 9.65. The number of ether oxygens (including phenoxy) is 3. The fourth-order valence-corrected chi connectivity index (χ4v) is 1.78. The topological polar surface area (TPSA) is 27.7 Å². The van der Waals surface area contributed by atoms with Crippen molar-refractivity contribution in [3.05, 3.63) is 29.8 Å². The van der Waals surface area contributed by atoms with Crippen LogP contribution in [0, 0.1) is 0 Å². The predicted molar refractivity (Wildman–Crippen MR) is 61.6 cm³/mol. The molecule has 0 spiro atoms. The quantitative estimate of drug-likeness (QED) is 0.765. The zero-order chi connectivity index (χ0) is 11.2. The van der Waals surface area contributed by atoms with Gasteiger partial charge in [-0.1, -0.05) is 25.1 Å². The maximum absolute atomic E-state index is 5.73. The lowest BCUT2D eigenvalue weighted by atomic mass is 10.1. The standard InChI is InChI=1S/C13H18O3/c1-2-11-5-3-4-6-12(11)14-8-7-13-15-9-10-16-13/h3-6,13H,2,7-10H2,1H3. The van der Waals surface area contributed by atoms with Gasteiger partial charge < -0.3 is 14.2 Å². The van der Waals surface area contributed by atoms with Crippen molar-refractivity contribution in [2.75, 3.05) is 19.8 Å². The first kappa shape index (κ1) is 11.4. The van der Waals surface area contributed by atoms with Crippen molar-refractivity contribution in [3.8, 4) is 5.75 Å². The van der Waals surface area contributed by atoms with Crippen molar-refractivity contribution in [2.45, 2.75) is 26.1 Å². The fourth-order valence-electron chi connectivity index (χ4n) is 1.78. The SMILES string of the molecule is CCc1ccccc1OCCC1OCCO1. The molecule has 1 aliphatic rings. The summed E-state index contributed by atoms with van der Waals surface area (Å²) in [6.45, 7) is 4.18. The second-order valence-corrected chi connectivity index (χ2v) is 3.77. The average Bonchev–Trinajstić information content (AvgIpc) is 2.83. The summed E-state index contributed by atoms with van der Waals surface area (Å²) >= 11 is 0. The second-order valence-electron chi connectivity index (χ2n) is 3.77. The van der Waals surface area contributed by atoms with Gasteiger partial charge in [0.05, 0.1) is 19.8 Å². The Morgan fingerprint density at radius 1 is 1.25 bits per heavy atom. The van der Waals surface area contributed by atoms with E-state index in [4.69, 9.17) is 14.2 Å². The molecule has 1 saturated heterocycles. The molecule has 0 radical (unpaired) electrons. The summed E-state index contributed by atoms with van der Waals surface area (Å²) in [4.78, 5) is 0. The summed E-state index contributed by atoms with van der Waals surface area (Å²) in [5.41, 5.74) is 1.25. The molecule has 16 heavy (non-hydrogen) atoms. The Labute approximate surface area is 96.3 Å². The molecule has 1 fully saturated rings. The van der Waals surface area contributed by atoms with E-state index >= 15 is 0 Å². The van der Waals surface area contributed by atoms with Crippen LogP contribution in [0.1, 0.15) is 18.9 Å². The smallest absolute Gasteiger partial charge is 0.161 e. The summed E-state index contributed by atoms with van der Waals surface area (Å²) in [7, 11) is 0. The minimum absolute atomic E-state index is 0.0752. The summed E-state index contributed by atoms with van der Waals surface area (Å²) in [6, 6.07) is 8.14. The molecule has 2 rings (SSSR count). The van der Waals surface area contributed by atoms with Gasteiger partial charge in [0, 0.05) is 6.42 Å². The molecule has 0 aromatic heterocycles. The van der Waals surface area contributed by atoms with Crippen LogP contribution in [-0.2, 0) is 15.9 Å². The van der Waals surface area contributed by atoms with Crippen molar-refractivity contribution in [2.24, 2.45) is 0 Å². The lowest BCUT2D eigenvalue weighted by molar-refractivity contribution is -0.0531. The largest absolute Gasteiger partial charge is 0.493 e. The third kappa shape index (κ3) is 2.97. The molecular weight excluding hydrogens is 204 g/mol. The molecule has 3 heteroatoms. The first-order valence-electron chi connectivity index (χ1n) is 5.84. The Hall–Kier alpha value is -1.06. The number of aryl methyl sites for hydroxylation is 1. The van der Waals surface area contributed by atoms with Crippen molar-refractivity contribution in [3.63, 3.8) is 0 Å². The molecule has 0 aliphatic carbocycles. The Kier molecular flexibility index (Phi) is 4.19. The highest BCUT2D eigenvalue weighted by Gasteiger charge is 2.15. The predicted octanol–water partition coefficient (Wildman–Crippen LogP) is 2.39. The maximum atomic E-state index is 5.73. The van der Waals surface area contributed by atoms with Gasteiger partial charge in [-0.2, -0.15) is 0 Å². The van der Waals surface area contributed by atoms with E-state index in [9.17, 15) is 0 Å². The summed E-state index contributed by atoms with van der Waals surface area (Å²) in [5.74, 6) is 0.975. The molecule has 0 atom stereocenters. The third-order valence-electron chi connectivity index (χ3n) is 2.66. The van der Waals surface area contributed by atoms with Crippen LogP contribution in [0.5, 0.6) is 5.75 Å². The van der Waals surface area contributed by atoms with E-state index in [0.717, 1.165) is 18.6 Å². The number of benzene rings is 1. The second kappa shape index (κ2) is 5.87. The molecule has 1 heterocycles. The van der Waals surface area contributed by atoms with Crippen LogP contribution in [0.25, 0.3) is 0 Å². The van der Waals surface area contributed by atoms with Crippen LogP contribution in [-0.4, -0.2) is 26.1 Å². The molecule has 88 valence electrons. The van der Waals surface area contributed by atoms with Crippen LogP contribution < -0.4 is 4.74 Å². The number of hydrogen-bond donors (Lipinski definition) is 0. The van der Waals surface area contributed by atoms with Crippen LogP contribution >= 0.6 is 0 Å². The number of rotatable bonds is 5. The van der Waals surface area contributed by atoms with E-state index in [1.807, 2.05) is 18.2 Å². The highest BCUT2D eigenvalue weighted by molar-refractivity contribution is 5.33. The maximum Gasteiger partial charge on any atom is 0.161 e. The summed E-state index contributed by atoms with van der Waals surface area (Å²) in [5, 5.41) is 0. The van der Waals surface area contributed by atoms with E-state index in [1.165, 1.54) is 5.56 Å². The van der Waals surface area contributed by atoms with Crippen LogP contribution in [0.15, 0.2) is 24.3 Å². The van der Waals surface area contributed by atoms with Gasteiger partial charge in [-0.05, 0) is 18.1 Å². The molecule has 0 N–H and O–H groups in total. The van der Waals surface area contributed by atoms with Gasteiger partial charge in [0.1, 0.15) is 5.75 Å². The summed E-state index contributed by atoms with van der Waals surface area (Å²) in [6.07, 6.45) is 1.71. The van der Waals surface area contributed by atoms with Gasteiger partial charge in [-0.3, -0.25) is 0 Å². The minimum atomic E-state index is -0.0752. The molecule has 0 bridgehead atoms. The van der Waals surface area contributed by atoms with Crippen LogP contribution in [0.3, 0.4) is 0 Å². The van der Waals surface area contributed by atoms with E-state index < -0.39 is 0 Å². The first-order valence-corrected chi connectivity index (χ1v) is 5.84. The molecule has 1 aromatic rings. The Balaban J connectivity index is 1.79. The number of hydrogen-bond acceptors (Lipinski definition) is 3. The molecular formula is C13H18O3. The minimum Gasteiger partial charge on any atom is -0.493 e. The third-order valence-corrected chi connectivity index (χ3v) is 2.66. The normalized spacial score (nSPS) is 16.6. The van der Waals surface area contributed by atoms with Gasteiger partial charge in [0.15, 0.2) is 6.29 Å². The molecule has 1 aliphatic heterocycles. The van der Waals surface area contributed by atoms with Gasteiger partial charge in [0.25, 0.3) is 0 Å². The van der Waals surface area contributed by atoms with Crippen molar-refractivity contribution in [1.82, 2.24) is 0 Å². The van der Waals surface area contributed by atoms with Gasteiger partial charge in [-0.15, -0.1) is 0 Å². The Morgan fingerprint density at radius 3 is 2.75 bits per heavy atom. The lowest BCUT2D eigenvalue weighted by Crippen LogP contribution is -2.13. The zero-order valence-electron chi connectivity index (χ0n) is 9.65. The fraction of sp³-hybridized carbons (Fsp3) is 0.538. The monoisotopic (exact) mass is 222 g/mol. The highest BCUT2D eigenvalue weighted by atomic mass is 16.7. The summed E-state index contributed by atoms with van der Waals surface area (Å²) < 4.78 is 16.4. The lowest BCUT2D eigenvalue weighted by Gasteiger charge is -2.12. The Morgan fingerprint density at radius 2 is 2.00 bits per heavy atom. The van der Waals surface area contributed by atoms with E-state index in [-0.39, 0.29) is 6.29 Å². The van der Waals surface area contributed by atoms with E-state index in [1.54, 1.807) is 0 Å². The van der Waals surface area contributed by atoms with Crippen molar-refractivity contribution in [1.29, 1.82) is 0 Å². The molecule has 0 unspecified atom stereocenters. The van der Waals surface area contributed by atoms with E-state index in [2.05, 4.69) is 13.0 Å². The van der Waals surface area contributed by atoms with E-state index in [0.29, 0.717) is 19.8 Å². The van der Waals surface area contributed by atoms with Gasteiger partial charge >= 0.3 is 0 Å². The van der Waals surface area contributed by atoms with Gasteiger partial charge in [-0.25, -0.2) is 0 Å². The number of para-hydroxylation sites is 1. The molecule has 0 amide bonds. The first-order chi connectivity index (χ1) is 7.90.